The van der Waals surface area contributed by atoms with Crippen molar-refractivity contribution in [2.45, 2.75) is 6.42 Å². The minimum atomic E-state index is -0.526. The Morgan fingerprint density at radius 3 is 2.82 bits per heavy atom. The van der Waals surface area contributed by atoms with Gasteiger partial charge in [0.15, 0.2) is 11.5 Å². The maximum Gasteiger partial charge on any atom is 0.241 e. The Bertz CT molecular complexity index is 464. The van der Waals surface area contributed by atoms with Gasteiger partial charge in [-0.2, -0.15) is 0 Å². The highest BCUT2D eigenvalue weighted by Crippen LogP contribution is 2.32. The first-order valence-corrected chi connectivity index (χ1v) is 5.06. The van der Waals surface area contributed by atoms with Gasteiger partial charge in [-0.25, -0.2) is 0 Å². The highest BCUT2D eigenvalue weighted by atomic mass is 16.5. The van der Waals surface area contributed by atoms with Crippen molar-refractivity contribution in [3.8, 4) is 11.5 Å². The van der Waals surface area contributed by atoms with Crippen molar-refractivity contribution in [1.82, 2.24) is 0 Å². The van der Waals surface area contributed by atoms with Crippen molar-refractivity contribution < 1.29 is 14.6 Å². The molecule has 3 N–H and O–H groups in total. The number of benzene rings is 1. The normalized spacial score (nSPS) is 10.4. The summed E-state index contributed by atoms with van der Waals surface area (Å²) >= 11 is 0. The second kappa shape index (κ2) is 5.75. The van der Waals surface area contributed by atoms with Crippen LogP contribution in [-0.2, 0) is 11.2 Å². The standard InChI is InChI=1S/C13H15NO3/c1-3-4-10-7-9(5-6-12(14)15)8-11(17-2)13(10)16/h3,5-8,16H,1,4H2,2H3,(H2,14,15)/b6-5+. The third-order valence-electron chi connectivity index (χ3n) is 2.20. The zero-order chi connectivity index (χ0) is 12.8. The van der Waals surface area contributed by atoms with E-state index in [1.807, 2.05) is 0 Å². The van der Waals surface area contributed by atoms with E-state index in [9.17, 15) is 9.90 Å². The highest BCUT2D eigenvalue weighted by molar-refractivity contribution is 5.90. The number of hydrogen-bond acceptors (Lipinski definition) is 3. The van der Waals surface area contributed by atoms with Crippen molar-refractivity contribution >= 4 is 12.0 Å². The molecule has 0 spiro atoms. The van der Waals surface area contributed by atoms with Gasteiger partial charge in [0.1, 0.15) is 0 Å². The number of carbonyl (C=O) groups is 1. The van der Waals surface area contributed by atoms with Crippen molar-refractivity contribution in [3.05, 3.63) is 42.0 Å². The van der Waals surface area contributed by atoms with E-state index in [-0.39, 0.29) is 5.75 Å². The number of amides is 1. The average Bonchev–Trinajstić information content (AvgIpc) is 2.30. The molecule has 0 unspecified atom stereocenters. The Balaban J connectivity index is 3.19. The molecule has 0 saturated carbocycles. The summed E-state index contributed by atoms with van der Waals surface area (Å²) in [6, 6.07) is 3.38. The summed E-state index contributed by atoms with van der Waals surface area (Å²) < 4.78 is 5.05. The average molecular weight is 233 g/mol. The predicted octanol–water partition coefficient (Wildman–Crippen LogP) is 1.63. The first-order valence-electron chi connectivity index (χ1n) is 5.06. The van der Waals surface area contributed by atoms with Gasteiger partial charge < -0.3 is 15.6 Å². The molecule has 0 aromatic heterocycles. The maximum atomic E-state index is 10.6. The lowest BCUT2D eigenvalue weighted by molar-refractivity contribution is -0.113. The minimum absolute atomic E-state index is 0.0867. The zero-order valence-corrected chi connectivity index (χ0v) is 9.64. The molecule has 90 valence electrons. The monoisotopic (exact) mass is 233 g/mol. The fourth-order valence-corrected chi connectivity index (χ4v) is 1.43. The van der Waals surface area contributed by atoms with Gasteiger partial charge in [-0.1, -0.05) is 6.08 Å². The number of methoxy groups -OCH3 is 1. The topological polar surface area (TPSA) is 72.6 Å². The summed E-state index contributed by atoms with van der Waals surface area (Å²) in [6.07, 6.45) is 5.01. The SMILES string of the molecule is C=CCc1cc(/C=C/C(N)=O)cc(OC)c1O. The van der Waals surface area contributed by atoms with E-state index in [4.69, 9.17) is 10.5 Å². The molecule has 0 aliphatic carbocycles. The molecule has 1 amide bonds. The van der Waals surface area contributed by atoms with Crippen molar-refractivity contribution in [1.29, 1.82) is 0 Å². The minimum Gasteiger partial charge on any atom is -0.504 e. The number of phenols is 1. The molecule has 1 aromatic carbocycles. The number of aromatic hydroxyl groups is 1. The number of ether oxygens (including phenoxy) is 1. The summed E-state index contributed by atoms with van der Waals surface area (Å²) in [6.45, 7) is 3.61. The Morgan fingerprint density at radius 2 is 2.29 bits per heavy atom. The lowest BCUT2D eigenvalue weighted by Crippen LogP contribution is -2.05. The number of nitrogens with two attached hydrogens (primary N) is 1. The molecule has 0 bridgehead atoms. The van der Waals surface area contributed by atoms with Gasteiger partial charge in [-0.3, -0.25) is 4.79 Å². The summed E-state index contributed by atoms with van der Waals surface area (Å²) in [4.78, 5) is 10.6. The Labute approximate surface area is 100 Å². The molecular formula is C13H15NO3. The van der Waals surface area contributed by atoms with Gasteiger partial charge in [0, 0.05) is 11.6 Å². The molecule has 0 heterocycles. The summed E-state index contributed by atoms with van der Waals surface area (Å²) in [5.41, 5.74) is 6.43. The number of hydrogen-bond donors (Lipinski definition) is 2. The van der Waals surface area contributed by atoms with E-state index >= 15 is 0 Å². The molecule has 17 heavy (non-hydrogen) atoms. The largest absolute Gasteiger partial charge is 0.504 e. The van der Waals surface area contributed by atoms with Crippen LogP contribution in [0.15, 0.2) is 30.9 Å². The Morgan fingerprint density at radius 1 is 1.59 bits per heavy atom. The quantitative estimate of drug-likeness (QED) is 0.599. The summed E-state index contributed by atoms with van der Waals surface area (Å²) in [7, 11) is 1.47. The maximum absolute atomic E-state index is 10.6. The van der Waals surface area contributed by atoms with Crippen LogP contribution in [0.1, 0.15) is 11.1 Å². The fraction of sp³-hybridized carbons (Fsp3) is 0.154. The van der Waals surface area contributed by atoms with Gasteiger partial charge in [0.05, 0.1) is 7.11 Å². The van der Waals surface area contributed by atoms with Crippen LogP contribution in [0.25, 0.3) is 6.08 Å². The number of rotatable bonds is 5. The van der Waals surface area contributed by atoms with Crippen LogP contribution >= 0.6 is 0 Å². The van der Waals surface area contributed by atoms with E-state index in [2.05, 4.69) is 6.58 Å². The van der Waals surface area contributed by atoms with Gasteiger partial charge in [0.25, 0.3) is 0 Å². The van der Waals surface area contributed by atoms with Gasteiger partial charge >= 0.3 is 0 Å². The number of allylic oxidation sites excluding steroid dienone is 1. The third-order valence-corrected chi connectivity index (χ3v) is 2.20. The van der Waals surface area contributed by atoms with Crippen molar-refractivity contribution in [3.63, 3.8) is 0 Å². The first kappa shape index (κ1) is 12.8. The number of carbonyl (C=O) groups excluding carboxylic acids is 1. The molecule has 4 heteroatoms. The smallest absolute Gasteiger partial charge is 0.241 e. The molecule has 1 rings (SSSR count). The van der Waals surface area contributed by atoms with Gasteiger partial charge in [0.2, 0.25) is 5.91 Å². The highest BCUT2D eigenvalue weighted by Gasteiger charge is 2.08. The van der Waals surface area contributed by atoms with E-state index in [0.717, 1.165) is 5.56 Å². The van der Waals surface area contributed by atoms with Gasteiger partial charge in [-0.15, -0.1) is 6.58 Å². The van der Waals surface area contributed by atoms with Crippen LogP contribution < -0.4 is 10.5 Å². The predicted molar refractivity (Wildman–Crippen MR) is 66.8 cm³/mol. The van der Waals surface area contributed by atoms with Crippen molar-refractivity contribution in [2.75, 3.05) is 7.11 Å². The zero-order valence-electron chi connectivity index (χ0n) is 9.64. The second-order valence-corrected chi connectivity index (χ2v) is 3.46. The number of primary amides is 1. The van der Waals surface area contributed by atoms with Crippen LogP contribution in [0, 0.1) is 0 Å². The summed E-state index contributed by atoms with van der Waals surface area (Å²) in [5.74, 6) is -0.0839. The van der Waals surface area contributed by atoms with E-state index in [1.165, 1.54) is 13.2 Å². The van der Waals surface area contributed by atoms with E-state index < -0.39 is 5.91 Å². The molecular weight excluding hydrogens is 218 g/mol. The second-order valence-electron chi connectivity index (χ2n) is 3.46. The molecule has 0 aliphatic heterocycles. The van der Waals surface area contributed by atoms with Crippen molar-refractivity contribution in [2.24, 2.45) is 5.73 Å². The first-order chi connectivity index (χ1) is 8.08. The molecule has 4 nitrogen and oxygen atoms in total. The Hall–Kier alpha value is -2.23. The van der Waals surface area contributed by atoms with Crippen LogP contribution in [0.2, 0.25) is 0 Å². The number of phenolic OH excluding ortho intramolecular Hbond substituents is 1. The lowest BCUT2D eigenvalue weighted by atomic mass is 10.1. The molecule has 0 saturated heterocycles. The van der Waals surface area contributed by atoms with Crippen LogP contribution in [0.4, 0.5) is 0 Å². The van der Waals surface area contributed by atoms with E-state index in [1.54, 1.807) is 24.3 Å². The third kappa shape index (κ3) is 3.38. The van der Waals surface area contributed by atoms with Gasteiger partial charge in [-0.05, 0) is 30.2 Å². The van der Waals surface area contributed by atoms with Crippen LogP contribution in [0.5, 0.6) is 11.5 Å². The molecule has 0 radical (unpaired) electrons. The van der Waals surface area contributed by atoms with Crippen LogP contribution in [0.3, 0.4) is 0 Å². The van der Waals surface area contributed by atoms with E-state index in [0.29, 0.717) is 17.7 Å². The molecule has 0 atom stereocenters. The lowest BCUT2D eigenvalue weighted by Gasteiger charge is -2.09. The van der Waals surface area contributed by atoms with Crippen LogP contribution in [-0.4, -0.2) is 18.1 Å². The summed E-state index contributed by atoms with van der Waals surface area (Å²) in [5, 5.41) is 9.83. The molecule has 1 aromatic rings. The molecule has 0 aliphatic rings. The Kier molecular flexibility index (Phi) is 4.34. The fourth-order valence-electron chi connectivity index (χ4n) is 1.43. The molecule has 0 fully saturated rings.